The smallest absolute Gasteiger partial charge is 0.242 e. The molecule has 1 heterocycles. The number of hydrogen-bond acceptors (Lipinski definition) is 5. The van der Waals surface area contributed by atoms with Gasteiger partial charge in [0.2, 0.25) is 5.91 Å². The van der Waals surface area contributed by atoms with Crippen LogP contribution in [-0.2, 0) is 4.79 Å². The molecular weight excluding hydrogens is 230 g/mol. The Morgan fingerprint density at radius 3 is 3.00 bits per heavy atom. The van der Waals surface area contributed by atoms with Gasteiger partial charge in [0.15, 0.2) is 5.82 Å². The SMILES string of the molecule is CC(Nc1nccc(C#N)c1N)C(=O)NC1CC1. The molecule has 1 amide bonds. The van der Waals surface area contributed by atoms with Crippen molar-refractivity contribution in [2.75, 3.05) is 11.1 Å². The summed E-state index contributed by atoms with van der Waals surface area (Å²) in [6.45, 7) is 1.73. The van der Waals surface area contributed by atoms with Crippen LogP contribution in [-0.4, -0.2) is 23.0 Å². The number of aromatic nitrogens is 1. The largest absolute Gasteiger partial charge is 0.395 e. The molecule has 1 aromatic rings. The van der Waals surface area contributed by atoms with Crippen LogP contribution in [0.15, 0.2) is 12.3 Å². The molecule has 6 heteroatoms. The highest BCUT2D eigenvalue weighted by Gasteiger charge is 2.25. The standard InChI is InChI=1S/C12H15N5O/c1-7(12(18)17-9-2-3-9)16-11-10(14)8(6-13)4-5-15-11/h4-5,7,9H,2-3,14H2,1H3,(H,15,16)(H,17,18). The first kappa shape index (κ1) is 12.2. The second-order valence-corrected chi connectivity index (χ2v) is 4.38. The van der Waals surface area contributed by atoms with Gasteiger partial charge in [-0.2, -0.15) is 5.26 Å². The molecule has 1 unspecified atom stereocenters. The highest BCUT2D eigenvalue weighted by molar-refractivity contribution is 5.85. The van der Waals surface area contributed by atoms with E-state index in [0.717, 1.165) is 12.8 Å². The molecule has 0 radical (unpaired) electrons. The summed E-state index contributed by atoms with van der Waals surface area (Å²) in [6.07, 6.45) is 3.58. The lowest BCUT2D eigenvalue weighted by atomic mass is 10.2. The van der Waals surface area contributed by atoms with Crippen molar-refractivity contribution in [1.29, 1.82) is 5.26 Å². The third-order valence-electron chi connectivity index (χ3n) is 2.78. The van der Waals surface area contributed by atoms with E-state index in [0.29, 0.717) is 17.4 Å². The number of nitriles is 1. The van der Waals surface area contributed by atoms with E-state index < -0.39 is 6.04 Å². The van der Waals surface area contributed by atoms with Gasteiger partial charge in [0.1, 0.15) is 12.1 Å². The van der Waals surface area contributed by atoms with Gasteiger partial charge in [-0.1, -0.05) is 0 Å². The molecule has 1 atom stereocenters. The van der Waals surface area contributed by atoms with Crippen molar-refractivity contribution in [2.45, 2.75) is 31.8 Å². The highest BCUT2D eigenvalue weighted by Crippen LogP contribution is 2.21. The molecule has 0 aliphatic heterocycles. The first-order valence-corrected chi connectivity index (χ1v) is 5.83. The van der Waals surface area contributed by atoms with Crippen LogP contribution in [0, 0.1) is 11.3 Å². The molecule has 4 N–H and O–H groups in total. The van der Waals surface area contributed by atoms with E-state index in [4.69, 9.17) is 11.0 Å². The summed E-state index contributed by atoms with van der Waals surface area (Å²) in [5.74, 6) is 0.286. The Bertz CT molecular complexity index is 504. The fourth-order valence-corrected chi connectivity index (χ4v) is 1.51. The molecule has 1 saturated carbocycles. The Balaban J connectivity index is 2.04. The topological polar surface area (TPSA) is 104 Å². The predicted octanol–water partition coefficient (Wildman–Crippen LogP) is 0.614. The number of nitrogens with zero attached hydrogens (tertiary/aromatic N) is 2. The van der Waals surface area contributed by atoms with Gasteiger partial charge in [-0.15, -0.1) is 0 Å². The van der Waals surface area contributed by atoms with Crippen molar-refractivity contribution in [3.05, 3.63) is 17.8 Å². The number of pyridine rings is 1. The quantitative estimate of drug-likeness (QED) is 0.721. The van der Waals surface area contributed by atoms with E-state index in [1.165, 1.54) is 12.3 Å². The molecule has 1 fully saturated rings. The highest BCUT2D eigenvalue weighted by atomic mass is 16.2. The zero-order chi connectivity index (χ0) is 13.1. The van der Waals surface area contributed by atoms with E-state index in [1.807, 2.05) is 6.07 Å². The molecule has 1 aromatic heterocycles. The van der Waals surface area contributed by atoms with Crippen LogP contribution in [0.25, 0.3) is 0 Å². The van der Waals surface area contributed by atoms with Gasteiger partial charge in [0.25, 0.3) is 0 Å². The minimum atomic E-state index is -0.436. The summed E-state index contributed by atoms with van der Waals surface area (Å²) < 4.78 is 0. The zero-order valence-corrected chi connectivity index (χ0v) is 10.1. The van der Waals surface area contributed by atoms with Gasteiger partial charge in [0.05, 0.1) is 11.3 Å². The van der Waals surface area contributed by atoms with Crippen molar-refractivity contribution < 1.29 is 4.79 Å². The van der Waals surface area contributed by atoms with Gasteiger partial charge in [-0.25, -0.2) is 4.98 Å². The van der Waals surface area contributed by atoms with Crippen LogP contribution >= 0.6 is 0 Å². The maximum atomic E-state index is 11.8. The zero-order valence-electron chi connectivity index (χ0n) is 10.1. The van der Waals surface area contributed by atoms with Crippen LogP contribution in [0.4, 0.5) is 11.5 Å². The fraction of sp³-hybridized carbons (Fsp3) is 0.417. The molecule has 18 heavy (non-hydrogen) atoms. The van der Waals surface area contributed by atoms with Crippen LogP contribution in [0.1, 0.15) is 25.3 Å². The van der Waals surface area contributed by atoms with Gasteiger partial charge in [-0.05, 0) is 25.8 Å². The predicted molar refractivity (Wildman–Crippen MR) is 67.6 cm³/mol. The minimum absolute atomic E-state index is 0.0824. The second-order valence-electron chi connectivity index (χ2n) is 4.38. The molecule has 2 rings (SSSR count). The minimum Gasteiger partial charge on any atom is -0.395 e. The molecule has 0 aromatic carbocycles. The van der Waals surface area contributed by atoms with Crippen LogP contribution in [0.5, 0.6) is 0 Å². The van der Waals surface area contributed by atoms with E-state index >= 15 is 0 Å². The molecule has 0 bridgehead atoms. The molecule has 0 spiro atoms. The summed E-state index contributed by atoms with van der Waals surface area (Å²) in [5, 5.41) is 14.7. The Kier molecular flexibility index (Phi) is 3.33. The number of hydrogen-bond donors (Lipinski definition) is 3. The molecule has 1 aliphatic carbocycles. The Hall–Kier alpha value is -2.29. The maximum Gasteiger partial charge on any atom is 0.242 e. The third kappa shape index (κ3) is 2.69. The summed E-state index contributed by atoms with van der Waals surface area (Å²) in [5.41, 5.74) is 6.40. The number of nitrogens with two attached hydrogens (primary N) is 1. The third-order valence-corrected chi connectivity index (χ3v) is 2.78. The first-order valence-electron chi connectivity index (χ1n) is 5.83. The lowest BCUT2D eigenvalue weighted by Gasteiger charge is -2.15. The lowest BCUT2D eigenvalue weighted by molar-refractivity contribution is -0.121. The fourth-order valence-electron chi connectivity index (χ4n) is 1.51. The van der Waals surface area contributed by atoms with E-state index in [-0.39, 0.29) is 11.6 Å². The number of amides is 1. The number of carbonyl (C=O) groups is 1. The van der Waals surface area contributed by atoms with Crippen LogP contribution in [0.2, 0.25) is 0 Å². The van der Waals surface area contributed by atoms with Crippen molar-refractivity contribution >= 4 is 17.4 Å². The van der Waals surface area contributed by atoms with E-state index in [1.54, 1.807) is 6.92 Å². The molecular formula is C12H15N5O. The van der Waals surface area contributed by atoms with Crippen LogP contribution in [0.3, 0.4) is 0 Å². The number of nitrogen functional groups attached to an aromatic ring is 1. The summed E-state index contributed by atoms with van der Waals surface area (Å²) in [4.78, 5) is 15.8. The van der Waals surface area contributed by atoms with Gasteiger partial charge in [0, 0.05) is 12.2 Å². The maximum absolute atomic E-state index is 11.8. The van der Waals surface area contributed by atoms with Gasteiger partial charge >= 0.3 is 0 Å². The first-order chi connectivity index (χ1) is 8.61. The van der Waals surface area contributed by atoms with Gasteiger partial charge in [-0.3, -0.25) is 4.79 Å². The van der Waals surface area contributed by atoms with E-state index in [9.17, 15) is 4.79 Å². The Morgan fingerprint density at radius 1 is 1.67 bits per heavy atom. The second kappa shape index (κ2) is 4.92. The summed E-state index contributed by atoms with van der Waals surface area (Å²) >= 11 is 0. The van der Waals surface area contributed by atoms with Crippen molar-refractivity contribution in [3.8, 4) is 6.07 Å². The summed E-state index contributed by atoms with van der Waals surface area (Å²) in [7, 11) is 0. The molecule has 94 valence electrons. The normalized spacial score (nSPS) is 15.6. The monoisotopic (exact) mass is 245 g/mol. The Morgan fingerprint density at radius 2 is 2.39 bits per heavy atom. The molecule has 6 nitrogen and oxygen atoms in total. The summed E-state index contributed by atoms with van der Waals surface area (Å²) in [6, 6.07) is 3.39. The van der Waals surface area contributed by atoms with Gasteiger partial charge < -0.3 is 16.4 Å². The number of rotatable bonds is 4. The average molecular weight is 245 g/mol. The molecule has 0 saturated heterocycles. The average Bonchev–Trinajstić information content (AvgIpc) is 3.15. The number of anilines is 2. The lowest BCUT2D eigenvalue weighted by Crippen LogP contribution is -2.39. The number of nitrogens with one attached hydrogen (secondary N) is 2. The Labute approximate surface area is 105 Å². The molecule has 1 aliphatic rings. The number of carbonyl (C=O) groups excluding carboxylic acids is 1. The van der Waals surface area contributed by atoms with E-state index in [2.05, 4.69) is 15.6 Å². The van der Waals surface area contributed by atoms with Crippen molar-refractivity contribution in [3.63, 3.8) is 0 Å². The van der Waals surface area contributed by atoms with Crippen molar-refractivity contribution in [2.24, 2.45) is 0 Å². The van der Waals surface area contributed by atoms with Crippen LogP contribution < -0.4 is 16.4 Å². The van der Waals surface area contributed by atoms with Crippen molar-refractivity contribution in [1.82, 2.24) is 10.3 Å².